The second-order valence-corrected chi connectivity index (χ2v) is 2.30. The Hall–Kier alpha value is -0.530. The molecule has 1 aromatic rings. The first-order valence-electron chi connectivity index (χ1n) is 3.58. The fraction of sp³-hybridized carbons (Fsp3) is 0.333. The molecule has 0 saturated heterocycles. The summed E-state index contributed by atoms with van der Waals surface area (Å²) >= 11 is 5.14. The van der Waals surface area contributed by atoms with Crippen molar-refractivity contribution in [1.82, 2.24) is 0 Å². The van der Waals surface area contributed by atoms with E-state index in [2.05, 4.69) is 0 Å². The molecule has 0 unspecified atom stereocenters. The summed E-state index contributed by atoms with van der Waals surface area (Å²) in [5, 5.41) is 7.98. The minimum Gasteiger partial charge on any atom is -0.396 e. The van der Waals surface area contributed by atoms with Crippen LogP contribution in [-0.2, 0) is 0 Å². The van der Waals surface area contributed by atoms with Crippen molar-refractivity contribution in [3.8, 4) is 0 Å². The highest BCUT2D eigenvalue weighted by atomic mass is 35.5. The van der Waals surface area contributed by atoms with Gasteiger partial charge in [-0.3, -0.25) is 0 Å². The lowest BCUT2D eigenvalue weighted by atomic mass is 10.4. The lowest BCUT2D eigenvalue weighted by Gasteiger charge is -1.77. The van der Waals surface area contributed by atoms with Crippen molar-refractivity contribution in [2.24, 2.45) is 0 Å². The molecule has 0 radical (unpaired) electrons. The van der Waals surface area contributed by atoms with Crippen LogP contribution < -0.4 is 0 Å². The molecule has 0 saturated carbocycles. The van der Waals surface area contributed by atoms with Crippen LogP contribution in [0.2, 0.25) is 0 Å². The van der Waals surface area contributed by atoms with Gasteiger partial charge in [0.25, 0.3) is 0 Å². The van der Waals surface area contributed by atoms with Gasteiger partial charge in [0.15, 0.2) is 0 Å². The topological polar surface area (TPSA) is 20.2 Å². The Labute approximate surface area is 72.6 Å². The predicted octanol–water partition coefficient (Wildman–Crippen LogP) is 2.29. The summed E-state index contributed by atoms with van der Waals surface area (Å²) in [6.45, 7) is 0.212. The summed E-state index contributed by atoms with van der Waals surface area (Å²) in [5.41, 5.74) is 0. The Morgan fingerprint density at radius 3 is 1.36 bits per heavy atom. The van der Waals surface area contributed by atoms with E-state index in [1.54, 1.807) is 0 Å². The van der Waals surface area contributed by atoms with Crippen LogP contribution in [0.3, 0.4) is 0 Å². The first kappa shape index (κ1) is 10.5. The van der Waals surface area contributed by atoms with E-state index in [0.29, 0.717) is 12.3 Å². The van der Waals surface area contributed by atoms with Gasteiger partial charge in [0.2, 0.25) is 0 Å². The lowest BCUT2D eigenvalue weighted by Crippen LogP contribution is -1.79. The van der Waals surface area contributed by atoms with Crippen molar-refractivity contribution in [3.63, 3.8) is 0 Å². The average Bonchev–Trinajstić information content (AvgIpc) is 2.10. The van der Waals surface area contributed by atoms with E-state index in [9.17, 15) is 0 Å². The molecule has 0 spiro atoms. The molecule has 0 atom stereocenters. The molecule has 0 bridgehead atoms. The molecular weight excluding hydrogens is 160 g/mol. The number of alkyl halides is 1. The normalized spacial score (nSPS) is 8.18. The van der Waals surface area contributed by atoms with Crippen LogP contribution in [0.1, 0.15) is 6.42 Å². The van der Waals surface area contributed by atoms with Gasteiger partial charge in [0.1, 0.15) is 0 Å². The second-order valence-electron chi connectivity index (χ2n) is 1.92. The molecule has 2 heteroatoms. The van der Waals surface area contributed by atoms with E-state index in [4.69, 9.17) is 16.7 Å². The van der Waals surface area contributed by atoms with Crippen molar-refractivity contribution >= 4 is 11.6 Å². The first-order chi connectivity index (χ1) is 5.41. The number of aliphatic hydroxyl groups is 1. The van der Waals surface area contributed by atoms with Crippen LogP contribution in [0.4, 0.5) is 0 Å². The van der Waals surface area contributed by atoms with Crippen LogP contribution in [0, 0.1) is 0 Å². The van der Waals surface area contributed by atoms with Gasteiger partial charge in [-0.1, -0.05) is 36.4 Å². The zero-order valence-electron chi connectivity index (χ0n) is 6.41. The van der Waals surface area contributed by atoms with Gasteiger partial charge in [-0.15, -0.1) is 11.6 Å². The number of aliphatic hydroxyl groups excluding tert-OH is 1. The van der Waals surface area contributed by atoms with E-state index in [-0.39, 0.29) is 6.61 Å². The van der Waals surface area contributed by atoms with Gasteiger partial charge >= 0.3 is 0 Å². The molecule has 0 fully saturated rings. The van der Waals surface area contributed by atoms with Crippen LogP contribution in [0.5, 0.6) is 0 Å². The van der Waals surface area contributed by atoms with Crippen molar-refractivity contribution < 1.29 is 5.11 Å². The third-order valence-electron chi connectivity index (χ3n) is 0.958. The van der Waals surface area contributed by atoms with Crippen LogP contribution in [0.15, 0.2) is 36.4 Å². The standard InChI is InChI=1S/C6H6.C3H7ClO/c1-2-4-6-5-3-1;4-2-1-3-5/h1-6H;5H,1-3H2. The average molecular weight is 173 g/mol. The smallest absolute Gasteiger partial charge is 0.0442 e. The van der Waals surface area contributed by atoms with Gasteiger partial charge in [0, 0.05) is 12.5 Å². The largest absolute Gasteiger partial charge is 0.396 e. The molecule has 1 nitrogen and oxygen atoms in total. The molecule has 11 heavy (non-hydrogen) atoms. The number of hydrogen-bond acceptors (Lipinski definition) is 1. The zero-order valence-corrected chi connectivity index (χ0v) is 7.17. The van der Waals surface area contributed by atoms with Crippen molar-refractivity contribution in [1.29, 1.82) is 0 Å². The van der Waals surface area contributed by atoms with Gasteiger partial charge in [-0.25, -0.2) is 0 Å². The SMILES string of the molecule is OCCCCl.c1ccccc1. The molecule has 1 N–H and O–H groups in total. The summed E-state index contributed by atoms with van der Waals surface area (Å²) < 4.78 is 0. The van der Waals surface area contributed by atoms with Gasteiger partial charge in [-0.2, -0.15) is 0 Å². The maximum absolute atomic E-state index is 7.98. The number of hydrogen-bond donors (Lipinski definition) is 1. The zero-order chi connectivity index (χ0) is 8.36. The van der Waals surface area contributed by atoms with Crippen LogP contribution in [0.25, 0.3) is 0 Å². The highest BCUT2D eigenvalue weighted by Crippen LogP contribution is 1.80. The molecule has 0 aliphatic rings. The Morgan fingerprint density at radius 2 is 1.27 bits per heavy atom. The molecule has 62 valence electrons. The third-order valence-corrected chi connectivity index (χ3v) is 1.23. The summed E-state index contributed by atoms with van der Waals surface area (Å²) in [5.74, 6) is 0.566. The Balaban J connectivity index is 0.000000187. The Bertz CT molecular complexity index is 113. The summed E-state index contributed by atoms with van der Waals surface area (Å²) in [6, 6.07) is 12.0. The highest BCUT2D eigenvalue weighted by Gasteiger charge is 1.71. The number of benzene rings is 1. The summed E-state index contributed by atoms with van der Waals surface area (Å²) in [6.07, 6.45) is 0.710. The van der Waals surface area contributed by atoms with Crippen LogP contribution >= 0.6 is 11.6 Å². The van der Waals surface area contributed by atoms with Gasteiger partial charge in [-0.05, 0) is 6.42 Å². The van der Waals surface area contributed by atoms with E-state index in [1.807, 2.05) is 36.4 Å². The molecule has 0 heterocycles. The highest BCUT2D eigenvalue weighted by molar-refractivity contribution is 6.17. The molecule has 1 aromatic carbocycles. The van der Waals surface area contributed by atoms with Crippen molar-refractivity contribution in [2.45, 2.75) is 6.42 Å². The third kappa shape index (κ3) is 9.47. The fourth-order valence-electron chi connectivity index (χ4n) is 0.445. The monoisotopic (exact) mass is 172 g/mol. The fourth-order valence-corrected chi connectivity index (χ4v) is 0.564. The van der Waals surface area contributed by atoms with E-state index < -0.39 is 0 Å². The quantitative estimate of drug-likeness (QED) is 0.679. The Kier molecular flexibility index (Phi) is 9.01. The summed E-state index contributed by atoms with van der Waals surface area (Å²) in [4.78, 5) is 0. The number of halogens is 1. The van der Waals surface area contributed by atoms with Crippen LogP contribution in [-0.4, -0.2) is 17.6 Å². The summed E-state index contributed by atoms with van der Waals surface area (Å²) in [7, 11) is 0. The molecule has 0 amide bonds. The molecule has 0 aromatic heterocycles. The van der Waals surface area contributed by atoms with Gasteiger partial charge < -0.3 is 5.11 Å². The molecule has 0 aliphatic carbocycles. The number of rotatable bonds is 2. The molecular formula is C9H13ClO. The second kappa shape index (κ2) is 9.47. The molecule has 0 aliphatic heterocycles. The van der Waals surface area contributed by atoms with E-state index in [0.717, 1.165) is 0 Å². The minimum atomic E-state index is 0.212. The van der Waals surface area contributed by atoms with Gasteiger partial charge in [0.05, 0.1) is 0 Å². The maximum Gasteiger partial charge on any atom is 0.0442 e. The van der Waals surface area contributed by atoms with Crippen molar-refractivity contribution in [2.75, 3.05) is 12.5 Å². The lowest BCUT2D eigenvalue weighted by molar-refractivity contribution is 0.296. The van der Waals surface area contributed by atoms with E-state index >= 15 is 0 Å². The van der Waals surface area contributed by atoms with E-state index in [1.165, 1.54) is 0 Å². The minimum absolute atomic E-state index is 0.212. The maximum atomic E-state index is 7.98. The molecule has 1 rings (SSSR count). The predicted molar refractivity (Wildman–Crippen MR) is 48.9 cm³/mol. The van der Waals surface area contributed by atoms with Crippen molar-refractivity contribution in [3.05, 3.63) is 36.4 Å². The first-order valence-corrected chi connectivity index (χ1v) is 4.12. The Morgan fingerprint density at radius 1 is 0.909 bits per heavy atom.